The molecule has 58 heavy (non-hydrogen) atoms. The topological polar surface area (TPSA) is 131 Å². The summed E-state index contributed by atoms with van der Waals surface area (Å²) in [5.74, 6) is 5.64. The smallest absolute Gasteiger partial charge is 0.150 e. The van der Waals surface area contributed by atoms with Gasteiger partial charge in [0.1, 0.15) is 11.6 Å². The minimum atomic E-state index is -0.229. The Morgan fingerprint density at radius 1 is 0.483 bits per heavy atom. The SMILES string of the molecule is C[C@@H](O)C1CCN(c2nccnc2C2CN(c3ccc4ccccc4n3)C2)CC1.C[C@H](O)C1CCN(c2nccnc2C2CN(c3ccc4ccccc4n3)C2)CC1. The summed E-state index contributed by atoms with van der Waals surface area (Å²) in [6.45, 7) is 11.2. The Balaban J connectivity index is 0.000000150. The van der Waals surface area contributed by atoms with Crippen LogP contribution in [0.2, 0.25) is 0 Å². The molecule has 0 bridgehead atoms. The number of fused-ring (bicyclic) bond motifs is 2. The quantitative estimate of drug-likeness (QED) is 0.176. The van der Waals surface area contributed by atoms with E-state index in [4.69, 9.17) is 19.9 Å². The molecule has 2 atom stereocenters. The Kier molecular flexibility index (Phi) is 11.0. The molecule has 2 N–H and O–H groups in total. The summed E-state index contributed by atoms with van der Waals surface area (Å²) in [7, 11) is 0. The zero-order chi connectivity index (χ0) is 39.6. The molecule has 4 fully saturated rings. The van der Waals surface area contributed by atoms with Crippen LogP contribution in [0.15, 0.2) is 97.6 Å². The number of pyridine rings is 2. The van der Waals surface area contributed by atoms with Crippen LogP contribution in [0.4, 0.5) is 23.3 Å². The third-order valence-electron chi connectivity index (χ3n) is 12.8. The highest BCUT2D eigenvalue weighted by atomic mass is 16.3. The lowest BCUT2D eigenvalue weighted by Gasteiger charge is -2.42. The molecule has 10 rings (SSSR count). The molecule has 4 aromatic heterocycles. The Hall–Kier alpha value is -5.46. The summed E-state index contributed by atoms with van der Waals surface area (Å²) < 4.78 is 0. The number of aliphatic hydroxyl groups is 2. The van der Waals surface area contributed by atoms with Crippen molar-refractivity contribution in [3.05, 3.63) is 109 Å². The van der Waals surface area contributed by atoms with Crippen molar-refractivity contribution in [2.45, 2.75) is 63.6 Å². The molecule has 0 saturated carbocycles. The number of hydrogen-bond donors (Lipinski definition) is 2. The number of aromatic nitrogens is 6. The molecule has 2 aromatic carbocycles. The lowest BCUT2D eigenvalue weighted by atomic mass is 9.91. The summed E-state index contributed by atoms with van der Waals surface area (Å²) in [5, 5.41) is 22.1. The lowest BCUT2D eigenvalue weighted by molar-refractivity contribution is 0.109. The number of hydrogen-bond acceptors (Lipinski definition) is 12. The molecule has 4 aliphatic rings. The number of para-hydroxylation sites is 2. The highest BCUT2D eigenvalue weighted by Crippen LogP contribution is 2.37. The van der Waals surface area contributed by atoms with Gasteiger partial charge >= 0.3 is 0 Å². The first-order valence-corrected chi connectivity index (χ1v) is 21.1. The Bertz CT molecular complexity index is 2150. The molecule has 4 aliphatic heterocycles. The molecule has 0 radical (unpaired) electrons. The molecule has 0 spiro atoms. The van der Waals surface area contributed by atoms with Crippen molar-refractivity contribution < 1.29 is 10.2 Å². The molecule has 12 heteroatoms. The Labute approximate surface area is 340 Å². The summed E-state index contributed by atoms with van der Waals surface area (Å²) in [4.78, 5) is 37.7. The van der Waals surface area contributed by atoms with E-state index in [-0.39, 0.29) is 12.2 Å². The molecule has 0 amide bonds. The minimum absolute atomic E-state index is 0.229. The van der Waals surface area contributed by atoms with Gasteiger partial charge < -0.3 is 29.8 Å². The number of rotatable bonds is 8. The first kappa shape index (κ1) is 38.1. The fourth-order valence-electron chi connectivity index (χ4n) is 9.07. The minimum Gasteiger partial charge on any atom is -0.393 e. The van der Waals surface area contributed by atoms with E-state index in [9.17, 15) is 10.2 Å². The molecular formula is C46H54N10O2. The molecule has 300 valence electrons. The van der Waals surface area contributed by atoms with Gasteiger partial charge in [-0.2, -0.15) is 0 Å². The number of benzene rings is 2. The van der Waals surface area contributed by atoms with Gasteiger partial charge in [0, 0.05) is 99.8 Å². The van der Waals surface area contributed by atoms with E-state index < -0.39 is 0 Å². The van der Waals surface area contributed by atoms with Crippen LogP contribution in [0.3, 0.4) is 0 Å². The third-order valence-corrected chi connectivity index (χ3v) is 12.8. The van der Waals surface area contributed by atoms with Gasteiger partial charge in [-0.25, -0.2) is 19.9 Å². The predicted octanol–water partition coefficient (Wildman–Crippen LogP) is 6.45. The molecule has 6 aromatic rings. The highest BCUT2D eigenvalue weighted by molar-refractivity contribution is 5.81. The number of nitrogens with zero attached hydrogens (tertiary/aromatic N) is 10. The highest BCUT2D eigenvalue weighted by Gasteiger charge is 2.36. The second kappa shape index (κ2) is 16.8. The zero-order valence-corrected chi connectivity index (χ0v) is 33.6. The molecule has 12 nitrogen and oxygen atoms in total. The van der Waals surface area contributed by atoms with E-state index in [1.807, 2.05) is 38.1 Å². The number of aliphatic hydroxyl groups excluding tert-OH is 2. The van der Waals surface area contributed by atoms with E-state index in [2.05, 4.69) is 78.1 Å². The van der Waals surface area contributed by atoms with Crippen LogP contribution in [0.5, 0.6) is 0 Å². The van der Waals surface area contributed by atoms with Crippen molar-refractivity contribution in [2.75, 3.05) is 72.0 Å². The van der Waals surface area contributed by atoms with Crippen LogP contribution in [0.1, 0.15) is 62.8 Å². The van der Waals surface area contributed by atoms with Crippen molar-refractivity contribution >= 4 is 45.1 Å². The van der Waals surface area contributed by atoms with Crippen molar-refractivity contribution in [2.24, 2.45) is 11.8 Å². The van der Waals surface area contributed by atoms with Gasteiger partial charge in [-0.05, 0) is 87.8 Å². The van der Waals surface area contributed by atoms with Gasteiger partial charge in [-0.15, -0.1) is 0 Å². The van der Waals surface area contributed by atoms with E-state index in [1.165, 1.54) is 10.8 Å². The van der Waals surface area contributed by atoms with Gasteiger partial charge in [0.2, 0.25) is 0 Å². The van der Waals surface area contributed by atoms with Crippen molar-refractivity contribution in [1.82, 2.24) is 29.9 Å². The fraction of sp³-hybridized carbons (Fsp3) is 0.435. The average molecular weight is 779 g/mol. The summed E-state index contributed by atoms with van der Waals surface area (Å²) in [5.41, 5.74) is 4.27. The standard InChI is InChI=1S/2C23H27N5O/c2*1-16(29)17-8-12-27(13-9-17)23-22(24-10-11-25-23)19-14-28(15-19)21-7-6-18-4-2-3-5-20(18)26-21/h2*2-7,10-11,16-17,19,29H,8-9,12-15H2,1H3/t2*16-/m10/s1. The predicted molar refractivity (Wildman–Crippen MR) is 231 cm³/mol. The van der Waals surface area contributed by atoms with Crippen LogP contribution >= 0.6 is 0 Å². The zero-order valence-electron chi connectivity index (χ0n) is 33.6. The van der Waals surface area contributed by atoms with Crippen molar-refractivity contribution in [1.29, 1.82) is 0 Å². The molecule has 8 heterocycles. The average Bonchev–Trinajstić information content (AvgIpc) is 3.23. The van der Waals surface area contributed by atoms with Crippen LogP contribution in [0, 0.1) is 11.8 Å². The van der Waals surface area contributed by atoms with Gasteiger partial charge in [0.25, 0.3) is 0 Å². The maximum Gasteiger partial charge on any atom is 0.150 e. The Morgan fingerprint density at radius 3 is 1.26 bits per heavy atom. The first-order valence-electron chi connectivity index (χ1n) is 21.1. The second-order valence-corrected chi connectivity index (χ2v) is 16.6. The van der Waals surface area contributed by atoms with Gasteiger partial charge in [-0.1, -0.05) is 36.4 Å². The van der Waals surface area contributed by atoms with Crippen LogP contribution in [-0.2, 0) is 0 Å². The largest absolute Gasteiger partial charge is 0.393 e. The van der Waals surface area contributed by atoms with Gasteiger partial charge in [0.15, 0.2) is 11.6 Å². The third kappa shape index (κ3) is 8.00. The maximum atomic E-state index is 9.87. The fourth-order valence-corrected chi connectivity index (χ4v) is 9.07. The molecular weight excluding hydrogens is 725 g/mol. The van der Waals surface area contributed by atoms with Gasteiger partial charge in [0.05, 0.1) is 34.6 Å². The van der Waals surface area contributed by atoms with E-state index in [1.54, 1.807) is 24.8 Å². The summed E-state index contributed by atoms with van der Waals surface area (Å²) in [6.07, 6.45) is 10.8. The van der Waals surface area contributed by atoms with E-state index in [0.717, 1.165) is 124 Å². The van der Waals surface area contributed by atoms with Crippen LogP contribution in [-0.4, -0.2) is 105 Å². The molecule has 0 unspecified atom stereocenters. The van der Waals surface area contributed by atoms with Crippen molar-refractivity contribution in [3.63, 3.8) is 0 Å². The summed E-state index contributed by atoms with van der Waals surface area (Å²) in [6, 6.07) is 25.0. The van der Waals surface area contributed by atoms with E-state index >= 15 is 0 Å². The van der Waals surface area contributed by atoms with Crippen LogP contribution in [0.25, 0.3) is 21.8 Å². The van der Waals surface area contributed by atoms with Crippen molar-refractivity contribution in [3.8, 4) is 0 Å². The maximum absolute atomic E-state index is 9.87. The Morgan fingerprint density at radius 2 is 0.862 bits per heavy atom. The number of piperidine rings is 2. The molecule has 4 saturated heterocycles. The van der Waals surface area contributed by atoms with Gasteiger partial charge in [-0.3, -0.25) is 9.97 Å². The van der Waals surface area contributed by atoms with E-state index in [0.29, 0.717) is 23.7 Å². The van der Waals surface area contributed by atoms with Crippen LogP contribution < -0.4 is 19.6 Å². The first-order chi connectivity index (χ1) is 28.4. The summed E-state index contributed by atoms with van der Waals surface area (Å²) >= 11 is 0. The number of anilines is 4. The lowest BCUT2D eigenvalue weighted by Crippen LogP contribution is -2.47. The normalized spacial score (nSPS) is 19.4. The molecule has 0 aliphatic carbocycles. The second-order valence-electron chi connectivity index (χ2n) is 16.6. The monoisotopic (exact) mass is 778 g/mol.